The van der Waals surface area contributed by atoms with Crippen molar-refractivity contribution < 1.29 is 34.3 Å². The molecule has 210 valence electrons. The Balaban J connectivity index is 2.32. The van der Waals surface area contributed by atoms with Gasteiger partial charge in [0.05, 0.1) is 36.9 Å². The first kappa shape index (κ1) is 30.8. The van der Waals surface area contributed by atoms with Crippen LogP contribution in [0.15, 0.2) is 25.6 Å². The molecule has 23 nitrogen and oxygen atoms in total. The van der Waals surface area contributed by atoms with Gasteiger partial charge in [-0.25, -0.2) is 4.79 Å². The van der Waals surface area contributed by atoms with Crippen molar-refractivity contribution in [3.05, 3.63) is 52.2 Å². The Kier molecular flexibility index (Phi) is 12.5. The number of rotatable bonds is 12. The molecule has 1 aliphatic carbocycles. The lowest BCUT2D eigenvalue weighted by Crippen LogP contribution is -2.63. The molecule has 0 aromatic carbocycles. The van der Waals surface area contributed by atoms with Crippen LogP contribution in [0.1, 0.15) is 12.8 Å². The van der Waals surface area contributed by atoms with E-state index in [1.807, 2.05) is 0 Å². The molecule has 1 aliphatic heterocycles. The van der Waals surface area contributed by atoms with Crippen LogP contribution in [-0.4, -0.2) is 102 Å². The van der Waals surface area contributed by atoms with E-state index in [0.29, 0.717) is 0 Å². The normalized spacial score (nSPS) is 33.4. The minimum atomic E-state index is -1.81. The average molecular weight is 552 g/mol. The van der Waals surface area contributed by atoms with Crippen molar-refractivity contribution in [1.82, 2.24) is 5.32 Å². The molecule has 1 saturated carbocycles. The number of nitrogens with zero attached hydrogens (tertiary/aromatic N) is 15. The van der Waals surface area contributed by atoms with Gasteiger partial charge in [-0.1, -0.05) is 25.6 Å². The van der Waals surface area contributed by atoms with E-state index in [4.69, 9.17) is 41.9 Å². The molecule has 2 aliphatic rings. The van der Waals surface area contributed by atoms with E-state index in [-0.39, 0.29) is 25.9 Å². The van der Waals surface area contributed by atoms with Gasteiger partial charge in [-0.05, 0) is 40.5 Å². The van der Waals surface area contributed by atoms with Crippen LogP contribution >= 0.6 is 0 Å². The van der Waals surface area contributed by atoms with E-state index in [1.165, 1.54) is 0 Å². The van der Waals surface area contributed by atoms with Crippen LogP contribution in [0.2, 0.25) is 0 Å². The van der Waals surface area contributed by atoms with Gasteiger partial charge >= 0.3 is 6.09 Å². The van der Waals surface area contributed by atoms with Crippen LogP contribution in [0.25, 0.3) is 52.2 Å². The molecule has 0 radical (unpaired) electrons. The van der Waals surface area contributed by atoms with E-state index in [1.54, 1.807) is 0 Å². The number of aliphatic hydroxyl groups is 3. The zero-order chi connectivity index (χ0) is 28.8. The first-order valence-electron chi connectivity index (χ1n) is 11.3. The summed E-state index contributed by atoms with van der Waals surface area (Å²) in [6.45, 7) is -0.303. The second-order valence-electron chi connectivity index (χ2n) is 8.11. The highest BCUT2D eigenvalue weighted by atomic mass is 16.7. The number of alkyl carbamates (subject to hydrolysis) is 1. The highest BCUT2D eigenvalue weighted by Crippen LogP contribution is 2.34. The quantitative estimate of drug-likeness (QED) is 0.120. The number of hydrogen-bond donors (Lipinski definition) is 4. The zero-order valence-electron chi connectivity index (χ0n) is 20.0. The largest absolute Gasteiger partial charge is 0.443 e. The smallest absolute Gasteiger partial charge is 0.407 e. The van der Waals surface area contributed by atoms with E-state index in [2.05, 4.69) is 55.4 Å². The number of ether oxygens (including phenoxy) is 3. The van der Waals surface area contributed by atoms with Crippen molar-refractivity contribution in [3.63, 3.8) is 0 Å². The Labute approximate surface area is 217 Å². The summed E-state index contributed by atoms with van der Waals surface area (Å²) in [5, 5.41) is 51.3. The fourth-order valence-corrected chi connectivity index (χ4v) is 4.02. The summed E-state index contributed by atoms with van der Waals surface area (Å²) >= 11 is 0. The fraction of sp³-hybridized carbons (Fsp3) is 0.938. The number of hydrogen-bond acceptors (Lipinski definition) is 12. The molecule has 1 amide bonds. The van der Waals surface area contributed by atoms with Crippen LogP contribution in [0.3, 0.4) is 0 Å². The maximum atomic E-state index is 12.3. The predicted octanol–water partition coefficient (Wildman–Crippen LogP) is 1.73. The molecule has 0 bridgehead atoms. The Bertz CT molecular complexity index is 1090. The van der Waals surface area contributed by atoms with Gasteiger partial charge in [0.15, 0.2) is 6.29 Å². The molecule has 2 rings (SSSR count). The van der Waals surface area contributed by atoms with E-state index in [9.17, 15) is 20.1 Å². The van der Waals surface area contributed by atoms with Crippen LogP contribution in [0.5, 0.6) is 0 Å². The van der Waals surface area contributed by atoms with Crippen LogP contribution < -0.4 is 5.32 Å². The Morgan fingerprint density at radius 2 is 1.51 bits per heavy atom. The summed E-state index contributed by atoms with van der Waals surface area (Å²) in [5.41, 5.74) is 43.8. The average Bonchev–Trinajstić information content (AvgIpc) is 2.91. The molecule has 0 unspecified atom stereocenters. The Morgan fingerprint density at radius 1 is 0.872 bits per heavy atom. The van der Waals surface area contributed by atoms with Gasteiger partial charge < -0.3 is 34.8 Å². The summed E-state index contributed by atoms with van der Waals surface area (Å²) < 4.78 is 16.6. The van der Waals surface area contributed by atoms with Crippen molar-refractivity contribution in [3.8, 4) is 0 Å². The van der Waals surface area contributed by atoms with Crippen molar-refractivity contribution >= 4 is 6.09 Å². The molecule has 2 fully saturated rings. The SMILES string of the molecule is [N-]=[N+]=NCCCNC(=O)O[C@@H]1[C@@H](O)[C@H](O[C@H]2O[C@H](CN=[N+]=[N-])[C@@H](O)[C@H](O)[C@H]2N=[N+]=[N-])[C@@H](N=[N+]=[N-])C[C@H]1N=[N+]=[N-]. The Morgan fingerprint density at radius 3 is 2.13 bits per heavy atom. The third-order valence-electron chi connectivity index (χ3n) is 5.79. The van der Waals surface area contributed by atoms with Crippen LogP contribution in [-0.2, 0) is 14.2 Å². The summed E-state index contributed by atoms with van der Waals surface area (Å²) in [7, 11) is 0. The number of carbonyl (C=O) groups excluding carboxylic acids is 1. The van der Waals surface area contributed by atoms with E-state index in [0.717, 1.165) is 0 Å². The second-order valence-corrected chi connectivity index (χ2v) is 8.11. The minimum Gasteiger partial charge on any atom is -0.443 e. The number of nitrogens with one attached hydrogen (secondary N) is 1. The maximum Gasteiger partial charge on any atom is 0.407 e. The fourth-order valence-electron chi connectivity index (χ4n) is 4.02. The van der Waals surface area contributed by atoms with Gasteiger partial charge in [-0.3, -0.25) is 0 Å². The van der Waals surface area contributed by atoms with Gasteiger partial charge in [0.1, 0.15) is 24.4 Å². The Hall–Kier alpha value is -4.38. The monoisotopic (exact) mass is 552 g/mol. The lowest BCUT2D eigenvalue weighted by molar-refractivity contribution is -0.287. The van der Waals surface area contributed by atoms with Crippen molar-refractivity contribution in [2.24, 2.45) is 25.6 Å². The highest BCUT2D eigenvalue weighted by Gasteiger charge is 2.51. The van der Waals surface area contributed by atoms with E-state index >= 15 is 0 Å². The number of amides is 1. The van der Waals surface area contributed by atoms with Gasteiger partial charge in [0.2, 0.25) is 0 Å². The summed E-state index contributed by atoms with van der Waals surface area (Å²) in [6.07, 6.45) is -12.3. The van der Waals surface area contributed by atoms with Crippen molar-refractivity contribution in [2.75, 3.05) is 19.6 Å². The van der Waals surface area contributed by atoms with Crippen LogP contribution in [0.4, 0.5) is 4.79 Å². The highest BCUT2D eigenvalue weighted by molar-refractivity contribution is 5.67. The molecule has 39 heavy (non-hydrogen) atoms. The number of aliphatic hydroxyl groups excluding tert-OH is 3. The van der Waals surface area contributed by atoms with Crippen molar-refractivity contribution in [2.45, 2.75) is 73.9 Å². The van der Waals surface area contributed by atoms with E-state index < -0.39 is 73.7 Å². The lowest BCUT2D eigenvalue weighted by Gasteiger charge is -2.46. The van der Waals surface area contributed by atoms with Gasteiger partial charge in [-0.15, -0.1) is 0 Å². The standard InChI is InChI=1S/C16H24N16O7/c17-28-23-3-1-2-22-16(36)39-14-7(26-31-20)4-6(25-30-19)13(12(14)35)38-15-9(27-32-21)11(34)10(33)8(37-15)5-24-29-18/h6-15,33-35H,1-5H2,(H,22,36)/t6-,7+,8+,9+,10+,11+,12-,13+,14-,15+/m0/s1. The molecule has 1 heterocycles. The topological polar surface area (TPSA) is 361 Å². The molecule has 0 spiro atoms. The zero-order valence-corrected chi connectivity index (χ0v) is 20.0. The minimum absolute atomic E-state index is 0.0463. The number of carbonyl (C=O) groups is 1. The van der Waals surface area contributed by atoms with Gasteiger partial charge in [0, 0.05) is 37.6 Å². The van der Waals surface area contributed by atoms with Crippen molar-refractivity contribution in [1.29, 1.82) is 0 Å². The molecule has 0 aromatic heterocycles. The molecule has 23 heteroatoms. The summed E-state index contributed by atoms with van der Waals surface area (Å²) in [4.78, 5) is 25.4. The molecule has 4 N–H and O–H groups in total. The summed E-state index contributed by atoms with van der Waals surface area (Å²) in [6, 6.07) is -4.01. The predicted molar refractivity (Wildman–Crippen MR) is 126 cm³/mol. The van der Waals surface area contributed by atoms with Crippen LogP contribution in [0, 0.1) is 0 Å². The van der Waals surface area contributed by atoms with Gasteiger partial charge in [0.25, 0.3) is 0 Å². The molecular formula is C16H24N16O7. The van der Waals surface area contributed by atoms with Gasteiger partial charge in [-0.2, -0.15) is 0 Å². The molecule has 1 saturated heterocycles. The third-order valence-corrected chi connectivity index (χ3v) is 5.79. The first-order chi connectivity index (χ1) is 18.8. The lowest BCUT2D eigenvalue weighted by atomic mass is 9.84. The molecular weight excluding hydrogens is 528 g/mol. The second kappa shape index (κ2) is 15.8. The first-order valence-corrected chi connectivity index (χ1v) is 11.3. The number of azide groups is 5. The molecule has 10 atom stereocenters. The molecule has 0 aromatic rings. The summed E-state index contributed by atoms with van der Waals surface area (Å²) in [5.74, 6) is 0. The third kappa shape index (κ3) is 8.30. The maximum absolute atomic E-state index is 12.3.